The zero-order valence-electron chi connectivity index (χ0n) is 12.6. The summed E-state index contributed by atoms with van der Waals surface area (Å²) in [5, 5.41) is 0. The van der Waals surface area contributed by atoms with E-state index in [2.05, 4.69) is 9.97 Å². The van der Waals surface area contributed by atoms with Gasteiger partial charge in [-0.05, 0) is 24.0 Å². The van der Waals surface area contributed by atoms with Crippen molar-refractivity contribution in [3.05, 3.63) is 42.1 Å². The van der Waals surface area contributed by atoms with E-state index in [4.69, 9.17) is 0 Å². The zero-order valence-corrected chi connectivity index (χ0v) is 13.4. The second-order valence-corrected chi connectivity index (χ2v) is 6.27. The van der Waals surface area contributed by atoms with Gasteiger partial charge >= 0.3 is 6.18 Å². The van der Waals surface area contributed by atoms with Gasteiger partial charge in [0.25, 0.3) is 0 Å². The molecule has 0 unspecified atom stereocenters. The fourth-order valence-corrected chi connectivity index (χ4v) is 3.20. The number of hydrogen-bond donors (Lipinski definition) is 0. The Bertz CT molecular complexity index is 855. The predicted molar refractivity (Wildman–Crippen MR) is 85.3 cm³/mol. The van der Waals surface area contributed by atoms with Gasteiger partial charge in [0.15, 0.2) is 5.65 Å². The van der Waals surface area contributed by atoms with Crippen LogP contribution in [0, 0.1) is 0 Å². The summed E-state index contributed by atoms with van der Waals surface area (Å²) in [5.74, 6) is 1.51. The van der Waals surface area contributed by atoms with Crippen molar-refractivity contribution in [2.24, 2.45) is 7.05 Å². The fraction of sp³-hybridized carbons (Fsp3) is 0.250. The first-order valence-corrected chi connectivity index (χ1v) is 8.03. The molecule has 0 amide bonds. The average molecular weight is 337 g/mol. The molecule has 120 valence electrons. The summed E-state index contributed by atoms with van der Waals surface area (Å²) in [5.41, 5.74) is 0.669. The van der Waals surface area contributed by atoms with Crippen LogP contribution < -0.4 is 0 Å². The summed E-state index contributed by atoms with van der Waals surface area (Å²) in [6.45, 7) is 2.05. The van der Waals surface area contributed by atoms with Crippen LogP contribution in [0.15, 0.2) is 41.3 Å². The van der Waals surface area contributed by atoms with Gasteiger partial charge in [0, 0.05) is 17.5 Å². The summed E-state index contributed by atoms with van der Waals surface area (Å²) in [6.07, 6.45) is -4.46. The molecule has 0 aliphatic heterocycles. The molecule has 0 saturated carbocycles. The van der Waals surface area contributed by atoms with E-state index in [1.54, 1.807) is 23.4 Å². The highest BCUT2D eigenvalue weighted by atomic mass is 32.2. The lowest BCUT2D eigenvalue weighted by atomic mass is 10.2. The number of thioether (sulfide) groups is 1. The predicted octanol–water partition coefficient (Wildman–Crippen LogP) is 4.77. The number of fused-ring (bicyclic) bond motifs is 1. The minimum Gasteiger partial charge on any atom is -0.312 e. The van der Waals surface area contributed by atoms with Crippen molar-refractivity contribution >= 4 is 22.9 Å². The molecule has 2 heterocycles. The molecule has 0 bridgehead atoms. The maximum absolute atomic E-state index is 12.8. The lowest BCUT2D eigenvalue weighted by Gasteiger charge is -2.08. The topological polar surface area (TPSA) is 30.7 Å². The number of alkyl halides is 3. The van der Waals surface area contributed by atoms with E-state index in [0.717, 1.165) is 22.3 Å². The van der Waals surface area contributed by atoms with Gasteiger partial charge in [-0.2, -0.15) is 13.2 Å². The molecule has 23 heavy (non-hydrogen) atoms. The minimum atomic E-state index is -4.46. The lowest BCUT2D eigenvalue weighted by Crippen LogP contribution is -2.08. The molecular formula is C16H14F3N3S. The number of hydrogen-bond acceptors (Lipinski definition) is 3. The monoisotopic (exact) mass is 337 g/mol. The quantitative estimate of drug-likeness (QED) is 0.645. The molecule has 3 rings (SSSR count). The Morgan fingerprint density at radius 3 is 2.52 bits per heavy atom. The summed E-state index contributed by atoms with van der Waals surface area (Å²) in [4.78, 5) is 9.25. The Hall–Kier alpha value is -2.02. The number of aryl methyl sites for hydroxylation is 1. The second kappa shape index (κ2) is 5.88. The molecule has 0 radical (unpaired) electrons. The van der Waals surface area contributed by atoms with Crippen LogP contribution in [0.3, 0.4) is 0 Å². The normalized spacial score (nSPS) is 12.0. The Balaban J connectivity index is 2.19. The fourth-order valence-electron chi connectivity index (χ4n) is 2.40. The Labute approximate surface area is 135 Å². The van der Waals surface area contributed by atoms with Crippen molar-refractivity contribution in [2.45, 2.75) is 18.0 Å². The van der Waals surface area contributed by atoms with Gasteiger partial charge in [-0.15, -0.1) is 11.8 Å². The van der Waals surface area contributed by atoms with Crippen molar-refractivity contribution in [2.75, 3.05) is 5.75 Å². The van der Waals surface area contributed by atoms with Gasteiger partial charge in [-0.3, -0.25) is 0 Å². The molecule has 3 aromatic rings. The highest BCUT2D eigenvalue weighted by Crippen LogP contribution is 2.33. The van der Waals surface area contributed by atoms with Gasteiger partial charge in [-0.1, -0.05) is 25.1 Å². The summed E-state index contributed by atoms with van der Waals surface area (Å²) in [6, 6.07) is 10.1. The van der Waals surface area contributed by atoms with E-state index in [1.165, 1.54) is 6.07 Å². The van der Waals surface area contributed by atoms with Crippen molar-refractivity contribution < 1.29 is 13.2 Å². The molecule has 1 aromatic carbocycles. The molecule has 0 fully saturated rings. The van der Waals surface area contributed by atoms with E-state index in [0.29, 0.717) is 11.3 Å². The highest BCUT2D eigenvalue weighted by molar-refractivity contribution is 7.99. The zero-order chi connectivity index (χ0) is 16.6. The highest BCUT2D eigenvalue weighted by Gasteiger charge is 2.33. The summed E-state index contributed by atoms with van der Waals surface area (Å²) in [7, 11) is 1.69. The number of pyridine rings is 1. The smallest absolute Gasteiger partial charge is 0.312 e. The summed E-state index contributed by atoms with van der Waals surface area (Å²) < 4.78 is 40.1. The molecular weight excluding hydrogens is 323 g/mol. The molecule has 0 spiro atoms. The second-order valence-electron chi connectivity index (χ2n) is 4.96. The maximum Gasteiger partial charge on any atom is 0.433 e. The van der Waals surface area contributed by atoms with Crippen molar-refractivity contribution in [1.82, 2.24) is 14.5 Å². The number of nitrogens with zero attached hydrogens (tertiary/aromatic N) is 3. The Morgan fingerprint density at radius 1 is 1.09 bits per heavy atom. The van der Waals surface area contributed by atoms with Gasteiger partial charge in [0.05, 0.1) is 0 Å². The van der Waals surface area contributed by atoms with Gasteiger partial charge in [0.1, 0.15) is 17.0 Å². The van der Waals surface area contributed by atoms with Crippen LogP contribution >= 0.6 is 11.8 Å². The van der Waals surface area contributed by atoms with Crippen LogP contribution in [0.4, 0.5) is 13.2 Å². The third-order valence-electron chi connectivity index (χ3n) is 3.43. The van der Waals surface area contributed by atoms with Gasteiger partial charge < -0.3 is 4.57 Å². The van der Waals surface area contributed by atoms with Crippen LogP contribution in [-0.2, 0) is 13.2 Å². The molecule has 0 aliphatic rings. The number of imidazole rings is 1. The first-order chi connectivity index (χ1) is 10.9. The lowest BCUT2D eigenvalue weighted by molar-refractivity contribution is -0.141. The molecule has 0 aliphatic carbocycles. The van der Waals surface area contributed by atoms with Crippen molar-refractivity contribution in [3.63, 3.8) is 0 Å². The third-order valence-corrected chi connectivity index (χ3v) is 4.39. The molecule has 2 aromatic heterocycles. The number of aromatic nitrogens is 3. The van der Waals surface area contributed by atoms with Crippen LogP contribution in [-0.4, -0.2) is 20.3 Å². The largest absolute Gasteiger partial charge is 0.433 e. The van der Waals surface area contributed by atoms with Crippen molar-refractivity contribution in [1.29, 1.82) is 0 Å². The van der Waals surface area contributed by atoms with E-state index in [1.807, 2.05) is 31.2 Å². The SMILES string of the molecule is CCSc1ccccc1-c1nc2ccc(C(F)(F)F)nc2n1C. The molecule has 0 N–H and O–H groups in total. The number of benzene rings is 1. The van der Waals surface area contributed by atoms with E-state index in [-0.39, 0.29) is 5.65 Å². The van der Waals surface area contributed by atoms with Crippen LogP contribution in [0.25, 0.3) is 22.6 Å². The van der Waals surface area contributed by atoms with Crippen LogP contribution in [0.5, 0.6) is 0 Å². The van der Waals surface area contributed by atoms with Crippen molar-refractivity contribution in [3.8, 4) is 11.4 Å². The van der Waals surface area contributed by atoms with Crippen LogP contribution in [0.1, 0.15) is 12.6 Å². The first-order valence-electron chi connectivity index (χ1n) is 7.04. The standard InChI is InChI=1S/C16H14F3N3S/c1-3-23-12-7-5-4-6-10(12)14-20-11-8-9-13(16(17,18)19)21-15(11)22(14)2/h4-9H,3H2,1-2H3. The van der Waals surface area contributed by atoms with E-state index in [9.17, 15) is 13.2 Å². The van der Waals surface area contributed by atoms with Gasteiger partial charge in [0.2, 0.25) is 0 Å². The minimum absolute atomic E-state index is 0.228. The Kier molecular flexibility index (Phi) is 4.06. The number of rotatable bonds is 3. The van der Waals surface area contributed by atoms with Gasteiger partial charge in [-0.25, -0.2) is 9.97 Å². The molecule has 0 atom stereocenters. The molecule has 0 saturated heterocycles. The average Bonchev–Trinajstić information content (AvgIpc) is 2.84. The van der Waals surface area contributed by atoms with E-state index >= 15 is 0 Å². The maximum atomic E-state index is 12.8. The molecule has 3 nitrogen and oxygen atoms in total. The Morgan fingerprint density at radius 2 is 1.83 bits per heavy atom. The first kappa shape index (κ1) is 15.9. The number of halogens is 3. The van der Waals surface area contributed by atoms with E-state index < -0.39 is 11.9 Å². The summed E-state index contributed by atoms with van der Waals surface area (Å²) >= 11 is 1.67. The third kappa shape index (κ3) is 2.93. The molecule has 7 heteroatoms. The van der Waals surface area contributed by atoms with Crippen LogP contribution in [0.2, 0.25) is 0 Å².